The lowest BCUT2D eigenvalue weighted by atomic mass is 10.0. The second-order valence-electron chi connectivity index (χ2n) is 3.40. The Bertz CT molecular complexity index is 485. The standard InChI is InChI=1S/C12H10BrClN2/c13-10-2-1-7-16-12(10)11(15)8-3-5-9(14)6-4-8/h1-7,11H,15H2. The molecule has 0 bridgehead atoms. The van der Waals surface area contributed by atoms with Crippen LogP contribution in [0.25, 0.3) is 0 Å². The molecule has 0 amide bonds. The second kappa shape index (κ2) is 4.95. The van der Waals surface area contributed by atoms with Gasteiger partial charge in [-0.2, -0.15) is 0 Å². The quantitative estimate of drug-likeness (QED) is 0.921. The molecule has 0 radical (unpaired) electrons. The van der Waals surface area contributed by atoms with Crippen LogP contribution in [0.15, 0.2) is 47.1 Å². The van der Waals surface area contributed by atoms with E-state index in [9.17, 15) is 0 Å². The molecule has 0 aliphatic rings. The molecule has 0 aliphatic heterocycles. The van der Waals surface area contributed by atoms with Crippen LogP contribution in [0.2, 0.25) is 5.02 Å². The number of hydrogen-bond donors (Lipinski definition) is 1. The number of aromatic nitrogens is 1. The summed E-state index contributed by atoms with van der Waals surface area (Å²) in [5.41, 5.74) is 7.95. The molecule has 4 heteroatoms. The molecule has 0 spiro atoms. The first-order chi connectivity index (χ1) is 7.68. The first kappa shape index (κ1) is 11.6. The summed E-state index contributed by atoms with van der Waals surface area (Å²) in [4.78, 5) is 4.27. The molecule has 0 aliphatic carbocycles. The normalized spacial score (nSPS) is 12.4. The maximum absolute atomic E-state index is 6.13. The minimum atomic E-state index is -0.243. The Labute approximate surface area is 108 Å². The molecule has 82 valence electrons. The molecular formula is C12H10BrClN2. The van der Waals surface area contributed by atoms with Crippen molar-refractivity contribution in [2.24, 2.45) is 5.73 Å². The van der Waals surface area contributed by atoms with Gasteiger partial charge in [0.05, 0.1) is 11.7 Å². The Morgan fingerprint density at radius 2 is 1.88 bits per heavy atom. The van der Waals surface area contributed by atoms with Crippen LogP contribution in [0.4, 0.5) is 0 Å². The smallest absolute Gasteiger partial charge is 0.0758 e. The van der Waals surface area contributed by atoms with E-state index in [4.69, 9.17) is 17.3 Å². The van der Waals surface area contributed by atoms with Crippen LogP contribution in [0.3, 0.4) is 0 Å². The zero-order valence-corrected chi connectivity index (χ0v) is 10.7. The van der Waals surface area contributed by atoms with Crippen molar-refractivity contribution in [1.29, 1.82) is 0 Å². The molecule has 16 heavy (non-hydrogen) atoms. The third kappa shape index (κ3) is 2.43. The third-order valence-corrected chi connectivity index (χ3v) is 3.23. The molecule has 2 nitrogen and oxygen atoms in total. The monoisotopic (exact) mass is 296 g/mol. The third-order valence-electron chi connectivity index (χ3n) is 2.31. The van der Waals surface area contributed by atoms with Crippen LogP contribution in [0.5, 0.6) is 0 Å². The van der Waals surface area contributed by atoms with Gasteiger partial charge in [0, 0.05) is 15.7 Å². The Morgan fingerprint density at radius 3 is 2.50 bits per heavy atom. The van der Waals surface area contributed by atoms with Gasteiger partial charge in [0.15, 0.2) is 0 Å². The van der Waals surface area contributed by atoms with Gasteiger partial charge in [0.2, 0.25) is 0 Å². The molecule has 0 saturated carbocycles. The van der Waals surface area contributed by atoms with Crippen molar-refractivity contribution in [3.8, 4) is 0 Å². The van der Waals surface area contributed by atoms with E-state index in [2.05, 4.69) is 20.9 Å². The molecule has 0 saturated heterocycles. The molecule has 2 aromatic rings. The van der Waals surface area contributed by atoms with Crippen molar-refractivity contribution < 1.29 is 0 Å². The van der Waals surface area contributed by atoms with Crippen molar-refractivity contribution in [1.82, 2.24) is 4.98 Å². The zero-order valence-electron chi connectivity index (χ0n) is 8.40. The summed E-state index contributed by atoms with van der Waals surface area (Å²) in [5, 5.41) is 0.705. The Hall–Kier alpha value is -0.900. The van der Waals surface area contributed by atoms with Gasteiger partial charge in [-0.05, 0) is 45.8 Å². The topological polar surface area (TPSA) is 38.9 Å². The molecule has 2 rings (SSSR count). The fourth-order valence-electron chi connectivity index (χ4n) is 1.45. The minimum absolute atomic E-state index is 0.243. The van der Waals surface area contributed by atoms with Crippen molar-refractivity contribution in [3.05, 3.63) is 63.3 Å². The highest BCUT2D eigenvalue weighted by Crippen LogP contribution is 2.25. The lowest BCUT2D eigenvalue weighted by Gasteiger charge is -2.12. The number of nitrogens with zero attached hydrogens (tertiary/aromatic N) is 1. The number of hydrogen-bond acceptors (Lipinski definition) is 2. The average Bonchev–Trinajstić information content (AvgIpc) is 2.30. The molecule has 2 N–H and O–H groups in total. The van der Waals surface area contributed by atoms with E-state index in [0.717, 1.165) is 15.7 Å². The Kier molecular flexibility index (Phi) is 3.59. The number of nitrogens with two attached hydrogens (primary N) is 1. The molecule has 1 heterocycles. The number of halogens is 2. The summed E-state index contributed by atoms with van der Waals surface area (Å²) in [6.45, 7) is 0. The van der Waals surface area contributed by atoms with Gasteiger partial charge in [-0.25, -0.2) is 0 Å². The van der Waals surface area contributed by atoms with Gasteiger partial charge in [0.1, 0.15) is 0 Å². The van der Waals surface area contributed by atoms with Crippen molar-refractivity contribution in [2.75, 3.05) is 0 Å². The highest BCUT2D eigenvalue weighted by molar-refractivity contribution is 9.10. The van der Waals surface area contributed by atoms with E-state index in [1.807, 2.05) is 36.4 Å². The SMILES string of the molecule is NC(c1ccc(Cl)cc1)c1ncccc1Br. The van der Waals surface area contributed by atoms with E-state index >= 15 is 0 Å². The van der Waals surface area contributed by atoms with Crippen LogP contribution in [-0.2, 0) is 0 Å². The van der Waals surface area contributed by atoms with Crippen molar-refractivity contribution in [2.45, 2.75) is 6.04 Å². The molecule has 1 atom stereocenters. The maximum Gasteiger partial charge on any atom is 0.0758 e. The molecule has 0 fully saturated rings. The first-order valence-electron chi connectivity index (χ1n) is 4.80. The van der Waals surface area contributed by atoms with Gasteiger partial charge >= 0.3 is 0 Å². The number of pyridine rings is 1. The summed E-state index contributed by atoms with van der Waals surface area (Å²) in [5.74, 6) is 0. The summed E-state index contributed by atoms with van der Waals surface area (Å²) >= 11 is 9.27. The molecule has 1 aromatic heterocycles. The Balaban J connectivity index is 2.35. The Morgan fingerprint density at radius 1 is 1.19 bits per heavy atom. The summed E-state index contributed by atoms with van der Waals surface area (Å²) in [6.07, 6.45) is 1.73. The molecule has 1 aromatic carbocycles. The van der Waals surface area contributed by atoms with E-state index in [0.29, 0.717) is 5.02 Å². The van der Waals surface area contributed by atoms with E-state index in [-0.39, 0.29) is 6.04 Å². The summed E-state index contributed by atoms with van der Waals surface area (Å²) in [7, 11) is 0. The van der Waals surface area contributed by atoms with Gasteiger partial charge < -0.3 is 5.73 Å². The first-order valence-corrected chi connectivity index (χ1v) is 5.97. The number of rotatable bonds is 2. The molecule has 1 unspecified atom stereocenters. The highest BCUT2D eigenvalue weighted by Gasteiger charge is 2.12. The van der Waals surface area contributed by atoms with Gasteiger partial charge in [-0.3, -0.25) is 4.98 Å². The average molecular weight is 298 g/mol. The maximum atomic E-state index is 6.13. The minimum Gasteiger partial charge on any atom is -0.319 e. The van der Waals surface area contributed by atoms with Gasteiger partial charge in [-0.1, -0.05) is 23.7 Å². The lowest BCUT2D eigenvalue weighted by Crippen LogP contribution is -2.13. The summed E-state index contributed by atoms with van der Waals surface area (Å²) < 4.78 is 0.914. The fraction of sp³-hybridized carbons (Fsp3) is 0.0833. The van der Waals surface area contributed by atoms with E-state index < -0.39 is 0 Å². The van der Waals surface area contributed by atoms with E-state index in [1.165, 1.54) is 0 Å². The van der Waals surface area contributed by atoms with Crippen LogP contribution >= 0.6 is 27.5 Å². The van der Waals surface area contributed by atoms with Gasteiger partial charge in [0.25, 0.3) is 0 Å². The van der Waals surface area contributed by atoms with Crippen LogP contribution in [0.1, 0.15) is 17.3 Å². The van der Waals surface area contributed by atoms with E-state index in [1.54, 1.807) is 6.20 Å². The number of benzene rings is 1. The zero-order chi connectivity index (χ0) is 11.5. The summed E-state index contributed by atoms with van der Waals surface area (Å²) in [6, 6.07) is 11.0. The highest BCUT2D eigenvalue weighted by atomic mass is 79.9. The predicted octanol–water partition coefficient (Wildman–Crippen LogP) is 3.55. The van der Waals surface area contributed by atoms with Crippen LogP contribution in [-0.4, -0.2) is 4.98 Å². The van der Waals surface area contributed by atoms with Crippen molar-refractivity contribution in [3.63, 3.8) is 0 Å². The second-order valence-corrected chi connectivity index (χ2v) is 4.69. The van der Waals surface area contributed by atoms with Gasteiger partial charge in [-0.15, -0.1) is 0 Å². The lowest BCUT2D eigenvalue weighted by molar-refractivity contribution is 0.822. The largest absolute Gasteiger partial charge is 0.319 e. The van der Waals surface area contributed by atoms with Crippen LogP contribution in [0, 0.1) is 0 Å². The van der Waals surface area contributed by atoms with Crippen molar-refractivity contribution >= 4 is 27.5 Å². The molecular weight excluding hydrogens is 288 g/mol. The fourth-order valence-corrected chi connectivity index (χ4v) is 2.08. The van der Waals surface area contributed by atoms with Crippen LogP contribution < -0.4 is 5.73 Å². The predicted molar refractivity (Wildman–Crippen MR) is 69.4 cm³/mol.